The van der Waals surface area contributed by atoms with Crippen molar-refractivity contribution in [1.29, 1.82) is 0 Å². The van der Waals surface area contributed by atoms with E-state index in [2.05, 4.69) is 12.2 Å². The first-order valence-electron chi connectivity index (χ1n) is 9.37. The lowest BCUT2D eigenvalue weighted by Gasteiger charge is -2.08. The molecular formula is C22H23NO4S. The number of hydrogen-bond donors (Lipinski definition) is 1. The molecule has 1 N–H and O–H groups in total. The highest BCUT2D eigenvalue weighted by Gasteiger charge is 2.21. The molecule has 1 amide bonds. The van der Waals surface area contributed by atoms with Gasteiger partial charge in [-0.2, -0.15) is 0 Å². The van der Waals surface area contributed by atoms with Gasteiger partial charge in [-0.1, -0.05) is 31.5 Å². The highest BCUT2D eigenvalue weighted by Crippen LogP contribution is 2.36. The average Bonchev–Trinajstić information content (AvgIpc) is 3.06. The number of benzene rings is 2. The Morgan fingerprint density at radius 3 is 2.50 bits per heavy atom. The standard InChI is InChI=1S/C22H23NO4S/c1-3-5-14-27-16-12-10-15(11-13-16)20(24)23-21-19(22(25)26-4-2)17-8-6-7-9-18(17)28-21/h6-13H,3-5,14H2,1-2H3,(H,23,24). The van der Waals surface area contributed by atoms with Crippen molar-refractivity contribution in [2.75, 3.05) is 18.5 Å². The molecule has 0 unspecified atom stereocenters. The maximum absolute atomic E-state index is 12.7. The van der Waals surface area contributed by atoms with Crippen molar-refractivity contribution in [1.82, 2.24) is 0 Å². The zero-order valence-electron chi connectivity index (χ0n) is 16.0. The van der Waals surface area contributed by atoms with Gasteiger partial charge in [-0.25, -0.2) is 4.79 Å². The number of carbonyl (C=O) groups excluding carboxylic acids is 2. The fraction of sp³-hybridized carbons (Fsp3) is 0.273. The van der Waals surface area contributed by atoms with Crippen LogP contribution in [0.4, 0.5) is 5.00 Å². The average molecular weight is 397 g/mol. The van der Waals surface area contributed by atoms with Crippen molar-refractivity contribution < 1.29 is 19.1 Å². The van der Waals surface area contributed by atoms with Crippen LogP contribution in [-0.4, -0.2) is 25.1 Å². The Labute approximate surface area is 168 Å². The van der Waals surface area contributed by atoms with E-state index in [0.29, 0.717) is 22.7 Å². The Hall–Kier alpha value is -2.86. The summed E-state index contributed by atoms with van der Waals surface area (Å²) in [7, 11) is 0. The number of nitrogens with one attached hydrogen (secondary N) is 1. The quantitative estimate of drug-likeness (QED) is 0.402. The van der Waals surface area contributed by atoms with Crippen molar-refractivity contribution >= 4 is 38.3 Å². The van der Waals surface area contributed by atoms with Gasteiger partial charge in [0.15, 0.2) is 0 Å². The molecule has 0 atom stereocenters. The summed E-state index contributed by atoms with van der Waals surface area (Å²) in [6, 6.07) is 14.5. The minimum Gasteiger partial charge on any atom is -0.494 e. The fourth-order valence-electron chi connectivity index (χ4n) is 2.75. The Bertz CT molecular complexity index is 962. The smallest absolute Gasteiger partial charge is 0.341 e. The second-order valence-corrected chi connectivity index (χ2v) is 7.26. The van der Waals surface area contributed by atoms with Gasteiger partial charge < -0.3 is 14.8 Å². The van der Waals surface area contributed by atoms with E-state index < -0.39 is 5.97 Å². The zero-order valence-corrected chi connectivity index (χ0v) is 16.8. The molecule has 0 fully saturated rings. The fourth-order valence-corrected chi connectivity index (χ4v) is 3.84. The number of unbranched alkanes of at least 4 members (excludes halogenated alkanes) is 1. The van der Waals surface area contributed by atoms with E-state index in [4.69, 9.17) is 9.47 Å². The minimum atomic E-state index is -0.435. The lowest BCUT2D eigenvalue weighted by Crippen LogP contribution is -2.14. The normalized spacial score (nSPS) is 10.6. The summed E-state index contributed by atoms with van der Waals surface area (Å²) in [6.07, 6.45) is 2.06. The topological polar surface area (TPSA) is 64.6 Å². The summed E-state index contributed by atoms with van der Waals surface area (Å²) in [4.78, 5) is 25.1. The van der Waals surface area contributed by atoms with Crippen molar-refractivity contribution in [3.05, 3.63) is 59.7 Å². The highest BCUT2D eigenvalue weighted by molar-refractivity contribution is 7.23. The van der Waals surface area contributed by atoms with Crippen LogP contribution >= 0.6 is 11.3 Å². The summed E-state index contributed by atoms with van der Waals surface area (Å²) >= 11 is 1.36. The van der Waals surface area contributed by atoms with Crippen LogP contribution < -0.4 is 10.1 Å². The molecule has 0 spiro atoms. The third-order valence-electron chi connectivity index (χ3n) is 4.19. The highest BCUT2D eigenvalue weighted by atomic mass is 32.1. The van der Waals surface area contributed by atoms with Gasteiger partial charge >= 0.3 is 5.97 Å². The summed E-state index contributed by atoms with van der Waals surface area (Å²) in [5.41, 5.74) is 0.894. The maximum Gasteiger partial charge on any atom is 0.341 e. The van der Waals surface area contributed by atoms with E-state index in [1.165, 1.54) is 11.3 Å². The number of rotatable bonds is 8. The van der Waals surface area contributed by atoms with Gasteiger partial charge in [-0.3, -0.25) is 4.79 Å². The van der Waals surface area contributed by atoms with Gasteiger partial charge in [0, 0.05) is 15.6 Å². The van der Waals surface area contributed by atoms with Crippen LogP contribution in [0.25, 0.3) is 10.1 Å². The number of thiophene rings is 1. The molecular weight excluding hydrogens is 374 g/mol. The van der Waals surface area contributed by atoms with E-state index in [1.807, 2.05) is 24.3 Å². The molecule has 28 heavy (non-hydrogen) atoms. The zero-order chi connectivity index (χ0) is 19.9. The predicted molar refractivity (Wildman–Crippen MR) is 113 cm³/mol. The molecule has 0 aliphatic carbocycles. The van der Waals surface area contributed by atoms with Crippen LogP contribution in [0.15, 0.2) is 48.5 Å². The van der Waals surface area contributed by atoms with E-state index in [-0.39, 0.29) is 12.5 Å². The Morgan fingerprint density at radius 1 is 1.04 bits per heavy atom. The lowest BCUT2D eigenvalue weighted by atomic mass is 10.1. The van der Waals surface area contributed by atoms with E-state index in [0.717, 1.165) is 28.7 Å². The lowest BCUT2D eigenvalue weighted by molar-refractivity contribution is 0.0530. The first kappa shape index (κ1) is 19.9. The number of hydrogen-bond acceptors (Lipinski definition) is 5. The Morgan fingerprint density at radius 2 is 1.79 bits per heavy atom. The number of carbonyl (C=O) groups is 2. The van der Waals surface area contributed by atoms with Gasteiger partial charge in [0.25, 0.3) is 5.91 Å². The minimum absolute atomic E-state index is 0.274. The molecule has 0 saturated carbocycles. The Balaban J connectivity index is 1.81. The first-order chi connectivity index (χ1) is 13.6. The van der Waals surface area contributed by atoms with Crippen molar-refractivity contribution in [2.24, 2.45) is 0 Å². The molecule has 1 aromatic heterocycles. The van der Waals surface area contributed by atoms with Crippen molar-refractivity contribution in [3.63, 3.8) is 0 Å². The largest absolute Gasteiger partial charge is 0.494 e. The number of fused-ring (bicyclic) bond motifs is 1. The van der Waals surface area contributed by atoms with Crippen molar-refractivity contribution in [3.8, 4) is 5.75 Å². The van der Waals surface area contributed by atoms with Crippen LogP contribution in [0.1, 0.15) is 47.4 Å². The van der Waals surface area contributed by atoms with E-state index in [9.17, 15) is 9.59 Å². The summed E-state index contributed by atoms with van der Waals surface area (Å²) in [5, 5.41) is 4.14. The van der Waals surface area contributed by atoms with Crippen LogP contribution in [0.5, 0.6) is 5.75 Å². The Kier molecular flexibility index (Phi) is 6.66. The molecule has 1 heterocycles. The number of esters is 1. The predicted octanol–water partition coefficient (Wildman–Crippen LogP) is 5.51. The molecule has 0 bridgehead atoms. The second-order valence-electron chi connectivity index (χ2n) is 6.20. The molecule has 0 radical (unpaired) electrons. The molecule has 3 aromatic rings. The monoisotopic (exact) mass is 397 g/mol. The summed E-state index contributed by atoms with van der Waals surface area (Å²) in [6.45, 7) is 4.80. The molecule has 2 aromatic carbocycles. The number of anilines is 1. The number of ether oxygens (including phenoxy) is 2. The van der Waals surface area contributed by atoms with Gasteiger partial charge in [-0.05, 0) is 43.7 Å². The number of amides is 1. The van der Waals surface area contributed by atoms with Crippen LogP contribution in [0.2, 0.25) is 0 Å². The molecule has 146 valence electrons. The van der Waals surface area contributed by atoms with Crippen LogP contribution in [-0.2, 0) is 4.74 Å². The molecule has 0 aliphatic rings. The van der Waals surface area contributed by atoms with E-state index in [1.54, 1.807) is 31.2 Å². The summed E-state index contributed by atoms with van der Waals surface area (Å²) in [5.74, 6) is 0.0196. The van der Waals surface area contributed by atoms with Gasteiger partial charge in [0.2, 0.25) is 0 Å². The van der Waals surface area contributed by atoms with E-state index >= 15 is 0 Å². The molecule has 0 saturated heterocycles. The molecule has 5 nitrogen and oxygen atoms in total. The summed E-state index contributed by atoms with van der Waals surface area (Å²) < 4.78 is 11.7. The molecule has 6 heteroatoms. The van der Waals surface area contributed by atoms with Gasteiger partial charge in [0.1, 0.15) is 16.3 Å². The molecule has 0 aliphatic heterocycles. The second kappa shape index (κ2) is 9.37. The van der Waals surface area contributed by atoms with Crippen molar-refractivity contribution in [2.45, 2.75) is 26.7 Å². The maximum atomic E-state index is 12.7. The van der Waals surface area contributed by atoms with Crippen LogP contribution in [0, 0.1) is 0 Å². The van der Waals surface area contributed by atoms with Gasteiger partial charge in [0.05, 0.1) is 13.2 Å². The molecule has 3 rings (SSSR count). The first-order valence-corrected chi connectivity index (χ1v) is 10.2. The van der Waals surface area contributed by atoms with Crippen LogP contribution in [0.3, 0.4) is 0 Å². The third kappa shape index (κ3) is 4.51. The third-order valence-corrected chi connectivity index (χ3v) is 5.27. The van der Waals surface area contributed by atoms with Gasteiger partial charge in [-0.15, -0.1) is 11.3 Å². The SMILES string of the molecule is CCCCOc1ccc(C(=O)Nc2sc3ccccc3c2C(=O)OCC)cc1.